The largest absolute Gasteiger partial charge is 0.379 e. The van der Waals surface area contributed by atoms with Crippen molar-refractivity contribution in [3.63, 3.8) is 0 Å². The summed E-state index contributed by atoms with van der Waals surface area (Å²) in [4.78, 5) is 15.9. The number of hydrogen-bond acceptors (Lipinski definition) is 4. The topological polar surface area (TPSA) is 46.5 Å². The molecule has 1 atom stereocenters. The van der Waals surface area contributed by atoms with Crippen LogP contribution in [0.5, 0.6) is 0 Å². The molecule has 0 radical (unpaired) electrons. The van der Waals surface area contributed by atoms with Crippen LogP contribution >= 0.6 is 11.8 Å². The number of rotatable bonds is 6. The zero-order valence-corrected chi connectivity index (χ0v) is 18.6. The van der Waals surface area contributed by atoms with Crippen LogP contribution in [0.15, 0.2) is 60.8 Å². The number of ether oxygens (including phenoxy) is 1. The molecule has 1 unspecified atom stereocenters. The van der Waals surface area contributed by atoms with Crippen LogP contribution < -0.4 is 5.32 Å². The number of benzene rings is 2. The highest BCUT2D eigenvalue weighted by Crippen LogP contribution is 2.34. The first-order valence-corrected chi connectivity index (χ1v) is 12.2. The number of amides is 1. The van der Waals surface area contributed by atoms with Gasteiger partial charge in [-0.25, -0.2) is 0 Å². The number of nitrogens with one attached hydrogen (secondary N) is 1. The molecule has 0 spiro atoms. The number of thioether (sulfide) groups is 1. The third kappa shape index (κ3) is 4.25. The average Bonchev–Trinajstić information content (AvgIpc) is 3.45. The molecule has 5 nitrogen and oxygen atoms in total. The minimum absolute atomic E-state index is 0.0209. The van der Waals surface area contributed by atoms with Crippen LogP contribution in [-0.4, -0.2) is 65.3 Å². The average molecular weight is 436 g/mol. The number of morpholine rings is 1. The maximum atomic E-state index is 13.3. The van der Waals surface area contributed by atoms with E-state index in [1.165, 1.54) is 5.56 Å². The van der Waals surface area contributed by atoms with E-state index < -0.39 is 0 Å². The van der Waals surface area contributed by atoms with E-state index in [9.17, 15) is 4.79 Å². The summed E-state index contributed by atoms with van der Waals surface area (Å²) in [5.41, 5.74) is 3.13. The van der Waals surface area contributed by atoms with Gasteiger partial charge in [-0.05, 0) is 23.8 Å². The SMILES string of the molecule is O=C(NCC1(N2CCOCC2)CCSC1)c1cn(Cc2ccccc2)c2ccccc12. The van der Waals surface area contributed by atoms with E-state index in [1.54, 1.807) is 0 Å². The first-order valence-electron chi connectivity index (χ1n) is 11.1. The Morgan fingerprint density at radius 1 is 1.06 bits per heavy atom. The van der Waals surface area contributed by atoms with Crippen molar-refractivity contribution in [1.29, 1.82) is 0 Å². The van der Waals surface area contributed by atoms with Gasteiger partial charge in [0.25, 0.3) is 5.91 Å². The van der Waals surface area contributed by atoms with Crippen LogP contribution in [0.2, 0.25) is 0 Å². The molecule has 3 heterocycles. The third-order valence-corrected chi connectivity index (χ3v) is 7.81. The van der Waals surface area contributed by atoms with Crippen LogP contribution in [0, 0.1) is 0 Å². The van der Waals surface area contributed by atoms with Crippen molar-refractivity contribution in [2.45, 2.75) is 18.5 Å². The Morgan fingerprint density at radius 3 is 2.61 bits per heavy atom. The second-order valence-corrected chi connectivity index (χ2v) is 9.59. The number of para-hydroxylation sites is 1. The van der Waals surface area contributed by atoms with Crippen LogP contribution in [-0.2, 0) is 11.3 Å². The van der Waals surface area contributed by atoms with E-state index in [-0.39, 0.29) is 11.4 Å². The molecule has 2 fully saturated rings. The van der Waals surface area contributed by atoms with Gasteiger partial charge in [0.1, 0.15) is 0 Å². The number of hydrogen-bond donors (Lipinski definition) is 1. The van der Waals surface area contributed by atoms with Crippen LogP contribution in [0.25, 0.3) is 10.9 Å². The summed E-state index contributed by atoms with van der Waals surface area (Å²) >= 11 is 1.99. The highest BCUT2D eigenvalue weighted by atomic mass is 32.2. The summed E-state index contributed by atoms with van der Waals surface area (Å²) < 4.78 is 7.74. The van der Waals surface area contributed by atoms with E-state index >= 15 is 0 Å². The van der Waals surface area contributed by atoms with Crippen molar-refractivity contribution in [1.82, 2.24) is 14.8 Å². The predicted molar refractivity (Wildman–Crippen MR) is 127 cm³/mol. The van der Waals surface area contributed by atoms with Crippen LogP contribution in [0.4, 0.5) is 0 Å². The Bertz CT molecular complexity index is 1040. The van der Waals surface area contributed by atoms with E-state index in [0.717, 1.165) is 67.2 Å². The quantitative estimate of drug-likeness (QED) is 0.642. The number of fused-ring (bicyclic) bond motifs is 1. The summed E-state index contributed by atoms with van der Waals surface area (Å²) in [5, 5.41) is 4.31. The zero-order valence-electron chi connectivity index (χ0n) is 17.8. The van der Waals surface area contributed by atoms with Gasteiger partial charge in [0, 0.05) is 54.6 Å². The van der Waals surface area contributed by atoms with E-state index in [4.69, 9.17) is 4.74 Å². The molecule has 1 N–H and O–H groups in total. The molecule has 31 heavy (non-hydrogen) atoms. The summed E-state index contributed by atoms with van der Waals surface area (Å²) in [6.45, 7) is 4.92. The fraction of sp³-hybridized carbons (Fsp3) is 0.400. The van der Waals surface area contributed by atoms with Gasteiger partial charge in [0.2, 0.25) is 0 Å². The summed E-state index contributed by atoms with van der Waals surface area (Å²) in [6, 6.07) is 18.6. The van der Waals surface area contributed by atoms with Crippen molar-refractivity contribution in [3.05, 3.63) is 71.9 Å². The molecular weight excluding hydrogens is 406 g/mol. The third-order valence-electron chi connectivity index (χ3n) is 6.57. The van der Waals surface area contributed by atoms with Gasteiger partial charge < -0.3 is 14.6 Å². The van der Waals surface area contributed by atoms with E-state index in [1.807, 2.05) is 36.2 Å². The lowest BCUT2D eigenvalue weighted by atomic mass is 9.95. The lowest BCUT2D eigenvalue weighted by molar-refractivity contribution is -0.0129. The van der Waals surface area contributed by atoms with Crippen molar-refractivity contribution in [2.75, 3.05) is 44.4 Å². The first kappa shape index (κ1) is 20.6. The Hall–Kier alpha value is -2.28. The Kier molecular flexibility index (Phi) is 6.03. The normalized spacial score (nSPS) is 22.1. The van der Waals surface area contributed by atoms with Gasteiger partial charge in [-0.15, -0.1) is 0 Å². The van der Waals surface area contributed by atoms with Gasteiger partial charge in [-0.2, -0.15) is 11.8 Å². The maximum absolute atomic E-state index is 13.3. The molecule has 5 rings (SSSR count). The number of aromatic nitrogens is 1. The fourth-order valence-corrected chi connectivity index (χ4v) is 6.29. The molecule has 2 aliphatic rings. The Balaban J connectivity index is 1.37. The molecule has 3 aromatic rings. The van der Waals surface area contributed by atoms with Crippen molar-refractivity contribution in [2.24, 2.45) is 0 Å². The molecule has 2 aliphatic heterocycles. The monoisotopic (exact) mass is 435 g/mol. The molecule has 0 bridgehead atoms. The molecule has 0 aliphatic carbocycles. The summed E-state index contributed by atoms with van der Waals surface area (Å²) in [6.07, 6.45) is 3.13. The van der Waals surface area contributed by atoms with Gasteiger partial charge in [-0.3, -0.25) is 9.69 Å². The molecule has 162 valence electrons. The van der Waals surface area contributed by atoms with Crippen molar-refractivity contribution < 1.29 is 9.53 Å². The molecule has 1 amide bonds. The Morgan fingerprint density at radius 2 is 1.84 bits per heavy atom. The molecular formula is C25H29N3O2S. The molecule has 6 heteroatoms. The predicted octanol–water partition coefficient (Wildman–Crippen LogP) is 3.63. The lowest BCUT2D eigenvalue weighted by Crippen LogP contribution is -2.59. The molecule has 1 aromatic heterocycles. The van der Waals surface area contributed by atoms with E-state index in [2.05, 4.69) is 51.2 Å². The highest BCUT2D eigenvalue weighted by Gasteiger charge is 2.41. The minimum Gasteiger partial charge on any atom is -0.379 e. The van der Waals surface area contributed by atoms with Gasteiger partial charge in [-0.1, -0.05) is 48.5 Å². The molecule has 2 aromatic carbocycles. The smallest absolute Gasteiger partial charge is 0.253 e. The fourth-order valence-electron chi connectivity index (χ4n) is 4.81. The lowest BCUT2D eigenvalue weighted by Gasteiger charge is -2.43. The van der Waals surface area contributed by atoms with Crippen molar-refractivity contribution in [3.8, 4) is 0 Å². The summed E-state index contributed by atoms with van der Waals surface area (Å²) in [7, 11) is 0. The first-order chi connectivity index (χ1) is 15.3. The molecule has 2 saturated heterocycles. The highest BCUT2D eigenvalue weighted by molar-refractivity contribution is 7.99. The maximum Gasteiger partial charge on any atom is 0.253 e. The Labute approximate surface area is 187 Å². The number of nitrogens with zero attached hydrogens (tertiary/aromatic N) is 2. The molecule has 0 saturated carbocycles. The number of carbonyl (C=O) groups is 1. The number of carbonyl (C=O) groups excluding carboxylic acids is 1. The van der Waals surface area contributed by atoms with Crippen LogP contribution in [0.1, 0.15) is 22.3 Å². The van der Waals surface area contributed by atoms with Gasteiger partial charge in [0.15, 0.2) is 0 Å². The minimum atomic E-state index is 0.0209. The second kappa shape index (κ2) is 9.07. The van der Waals surface area contributed by atoms with Gasteiger partial charge in [0.05, 0.1) is 18.8 Å². The van der Waals surface area contributed by atoms with Crippen LogP contribution in [0.3, 0.4) is 0 Å². The zero-order chi connectivity index (χ0) is 21.1. The second-order valence-electron chi connectivity index (χ2n) is 8.48. The van der Waals surface area contributed by atoms with Gasteiger partial charge >= 0.3 is 0 Å². The summed E-state index contributed by atoms with van der Waals surface area (Å²) in [5.74, 6) is 2.25. The van der Waals surface area contributed by atoms with Crippen molar-refractivity contribution >= 4 is 28.6 Å². The van der Waals surface area contributed by atoms with E-state index in [0.29, 0.717) is 6.54 Å². The standard InChI is InChI=1S/C25H29N3O2S/c29-24(26-18-25(10-15-31-19-25)28-11-13-30-14-12-28)22-17-27(16-20-6-2-1-3-7-20)23-9-5-4-8-21(22)23/h1-9,17H,10-16,18-19H2,(H,26,29).